The highest BCUT2D eigenvalue weighted by atomic mass is 32.1. The Labute approximate surface area is 154 Å². The third-order valence-corrected chi connectivity index (χ3v) is 5.74. The summed E-state index contributed by atoms with van der Waals surface area (Å²) in [6, 6.07) is 10.8. The molecule has 4 nitrogen and oxygen atoms in total. The van der Waals surface area contributed by atoms with Crippen molar-refractivity contribution in [2.24, 2.45) is 0 Å². The lowest BCUT2D eigenvalue weighted by Crippen LogP contribution is -2.39. The molecule has 0 radical (unpaired) electrons. The van der Waals surface area contributed by atoms with Gasteiger partial charge < -0.3 is 10.2 Å². The van der Waals surface area contributed by atoms with Gasteiger partial charge in [-0.15, -0.1) is 11.3 Å². The third-order valence-electron chi connectivity index (χ3n) is 4.80. The summed E-state index contributed by atoms with van der Waals surface area (Å²) in [5, 5.41) is 5.99. The Morgan fingerprint density at radius 1 is 1.32 bits per heavy atom. The number of likely N-dealkylation sites (tertiary alicyclic amines) is 1. The predicted octanol–water partition coefficient (Wildman–Crippen LogP) is 3.73. The summed E-state index contributed by atoms with van der Waals surface area (Å²) in [5.41, 5.74) is 1.96. The molecule has 1 unspecified atom stereocenters. The molecule has 3 rings (SSSR count). The zero-order valence-corrected chi connectivity index (χ0v) is 15.7. The number of benzene rings is 1. The average Bonchev–Trinajstić information content (AvgIpc) is 3.09. The number of aromatic nitrogens is 1. The molecule has 1 atom stereocenters. The Hall–Kier alpha value is -1.72. The van der Waals surface area contributed by atoms with Gasteiger partial charge in [-0.1, -0.05) is 36.8 Å². The fourth-order valence-corrected chi connectivity index (χ4v) is 4.15. The first-order chi connectivity index (χ1) is 12.2. The van der Waals surface area contributed by atoms with Gasteiger partial charge in [0.25, 0.3) is 0 Å². The van der Waals surface area contributed by atoms with Crippen molar-refractivity contribution in [3.8, 4) is 10.6 Å². The van der Waals surface area contributed by atoms with Gasteiger partial charge in [-0.2, -0.15) is 0 Å². The van der Waals surface area contributed by atoms with E-state index in [1.54, 1.807) is 11.3 Å². The highest BCUT2D eigenvalue weighted by molar-refractivity contribution is 7.13. The fourth-order valence-electron chi connectivity index (χ4n) is 3.33. The van der Waals surface area contributed by atoms with Crippen molar-refractivity contribution in [1.82, 2.24) is 15.2 Å². The molecule has 1 fully saturated rings. The number of piperidine rings is 1. The van der Waals surface area contributed by atoms with Crippen LogP contribution in [0.1, 0.15) is 38.3 Å². The number of hydrogen-bond acceptors (Lipinski definition) is 4. The second-order valence-electron chi connectivity index (χ2n) is 6.77. The van der Waals surface area contributed by atoms with E-state index in [4.69, 9.17) is 0 Å². The molecule has 0 aliphatic carbocycles. The number of rotatable bonds is 7. The second-order valence-corrected chi connectivity index (χ2v) is 7.63. The predicted molar refractivity (Wildman–Crippen MR) is 104 cm³/mol. The van der Waals surface area contributed by atoms with E-state index in [9.17, 15) is 4.79 Å². The van der Waals surface area contributed by atoms with Crippen LogP contribution in [-0.4, -0.2) is 41.5 Å². The van der Waals surface area contributed by atoms with Crippen LogP contribution in [0.2, 0.25) is 0 Å². The quantitative estimate of drug-likeness (QED) is 0.768. The summed E-state index contributed by atoms with van der Waals surface area (Å²) in [7, 11) is 0. The third kappa shape index (κ3) is 5.38. The Morgan fingerprint density at radius 2 is 2.16 bits per heavy atom. The van der Waals surface area contributed by atoms with E-state index < -0.39 is 0 Å². The Morgan fingerprint density at radius 3 is 2.96 bits per heavy atom. The monoisotopic (exact) mass is 357 g/mol. The van der Waals surface area contributed by atoms with E-state index >= 15 is 0 Å². The zero-order valence-electron chi connectivity index (χ0n) is 14.9. The molecular formula is C20H27N3OS. The number of carbonyl (C=O) groups excluding carboxylic acids is 1. The fraction of sp³-hybridized carbons (Fsp3) is 0.500. The van der Waals surface area contributed by atoms with Crippen LogP contribution >= 0.6 is 11.3 Å². The van der Waals surface area contributed by atoms with Crippen LogP contribution < -0.4 is 5.32 Å². The molecule has 2 aromatic rings. The molecule has 0 spiro atoms. The summed E-state index contributed by atoms with van der Waals surface area (Å²) in [4.78, 5) is 19.2. The van der Waals surface area contributed by atoms with Gasteiger partial charge >= 0.3 is 0 Å². The highest BCUT2D eigenvalue weighted by Gasteiger charge is 2.17. The largest absolute Gasteiger partial charge is 0.356 e. The van der Waals surface area contributed by atoms with E-state index in [0.29, 0.717) is 12.5 Å². The van der Waals surface area contributed by atoms with Crippen molar-refractivity contribution in [3.05, 3.63) is 41.4 Å². The zero-order chi connectivity index (χ0) is 17.5. The highest BCUT2D eigenvalue weighted by Crippen LogP contribution is 2.23. The van der Waals surface area contributed by atoms with Gasteiger partial charge in [-0.3, -0.25) is 4.79 Å². The van der Waals surface area contributed by atoms with Crippen molar-refractivity contribution in [1.29, 1.82) is 0 Å². The molecular weight excluding hydrogens is 330 g/mol. The normalized spacial score (nSPS) is 18.2. The minimum absolute atomic E-state index is 0.0663. The van der Waals surface area contributed by atoms with E-state index in [1.807, 2.05) is 35.7 Å². The van der Waals surface area contributed by atoms with Crippen LogP contribution in [0.4, 0.5) is 0 Å². The van der Waals surface area contributed by atoms with Crippen molar-refractivity contribution >= 4 is 17.2 Å². The van der Waals surface area contributed by atoms with E-state index in [1.165, 1.54) is 25.8 Å². The van der Waals surface area contributed by atoms with Gasteiger partial charge in [0.1, 0.15) is 5.01 Å². The smallest absolute Gasteiger partial charge is 0.226 e. The molecule has 25 heavy (non-hydrogen) atoms. The number of amides is 1. The minimum Gasteiger partial charge on any atom is -0.356 e. The maximum absolute atomic E-state index is 12.1. The van der Waals surface area contributed by atoms with E-state index in [0.717, 1.165) is 35.8 Å². The lowest BCUT2D eigenvalue weighted by molar-refractivity contribution is -0.120. The standard InChI is InChI=1S/C20H27N3OS/c1-16-8-5-6-12-23(16)13-7-11-21-19(24)14-18-15-25-20(22-18)17-9-3-2-4-10-17/h2-4,9-10,15-16H,5-8,11-14H2,1H3,(H,21,24). The Bertz CT molecular complexity index is 671. The maximum atomic E-state index is 12.1. The topological polar surface area (TPSA) is 45.2 Å². The number of nitrogens with zero attached hydrogens (tertiary/aromatic N) is 2. The van der Waals surface area contributed by atoms with E-state index in [-0.39, 0.29) is 5.91 Å². The molecule has 1 aromatic carbocycles. The SMILES string of the molecule is CC1CCCCN1CCCNC(=O)Cc1csc(-c2ccccc2)n1. The molecule has 1 aromatic heterocycles. The van der Waals surface area contributed by atoms with Gasteiger partial charge in [0.15, 0.2) is 0 Å². The van der Waals surface area contributed by atoms with Crippen LogP contribution in [0, 0.1) is 0 Å². The first kappa shape index (κ1) is 18.1. The molecule has 0 bridgehead atoms. The minimum atomic E-state index is 0.0663. The number of nitrogens with one attached hydrogen (secondary N) is 1. The summed E-state index contributed by atoms with van der Waals surface area (Å²) in [5.74, 6) is 0.0663. The maximum Gasteiger partial charge on any atom is 0.226 e. The lowest BCUT2D eigenvalue weighted by atomic mass is 10.0. The van der Waals surface area contributed by atoms with Crippen LogP contribution in [0.3, 0.4) is 0 Å². The van der Waals surface area contributed by atoms with Crippen molar-refractivity contribution in [2.75, 3.05) is 19.6 Å². The van der Waals surface area contributed by atoms with Crippen molar-refractivity contribution < 1.29 is 4.79 Å². The summed E-state index contributed by atoms with van der Waals surface area (Å²) in [6.45, 7) is 5.34. The summed E-state index contributed by atoms with van der Waals surface area (Å²) >= 11 is 1.59. The molecule has 5 heteroatoms. The molecule has 1 aliphatic heterocycles. The molecule has 1 N–H and O–H groups in total. The molecule has 134 valence electrons. The molecule has 1 amide bonds. The number of carbonyl (C=O) groups is 1. The van der Waals surface area contributed by atoms with Gasteiger partial charge in [0, 0.05) is 30.1 Å². The Balaban J connectivity index is 1.39. The Kier molecular flexibility index (Phi) is 6.59. The second kappa shape index (κ2) is 9.11. The molecule has 0 saturated carbocycles. The van der Waals surface area contributed by atoms with E-state index in [2.05, 4.69) is 22.1 Å². The van der Waals surface area contributed by atoms with Crippen molar-refractivity contribution in [3.63, 3.8) is 0 Å². The average molecular weight is 358 g/mol. The van der Waals surface area contributed by atoms with Crippen molar-refractivity contribution in [2.45, 2.75) is 45.1 Å². The van der Waals surface area contributed by atoms with Gasteiger partial charge in [0.2, 0.25) is 5.91 Å². The molecule has 1 saturated heterocycles. The molecule has 1 aliphatic rings. The summed E-state index contributed by atoms with van der Waals surface area (Å²) in [6.07, 6.45) is 5.35. The van der Waals surface area contributed by atoms with Gasteiger partial charge in [0.05, 0.1) is 12.1 Å². The van der Waals surface area contributed by atoms with Crippen LogP contribution in [0.5, 0.6) is 0 Å². The van der Waals surface area contributed by atoms with Crippen LogP contribution in [0.15, 0.2) is 35.7 Å². The molecule has 2 heterocycles. The first-order valence-electron chi connectivity index (χ1n) is 9.23. The summed E-state index contributed by atoms with van der Waals surface area (Å²) < 4.78 is 0. The number of hydrogen-bond donors (Lipinski definition) is 1. The van der Waals surface area contributed by atoms with Crippen LogP contribution in [0.25, 0.3) is 10.6 Å². The van der Waals surface area contributed by atoms with Gasteiger partial charge in [-0.25, -0.2) is 4.98 Å². The lowest BCUT2D eigenvalue weighted by Gasteiger charge is -2.33. The first-order valence-corrected chi connectivity index (χ1v) is 10.1. The van der Waals surface area contributed by atoms with Crippen LogP contribution in [-0.2, 0) is 11.2 Å². The number of thiazole rings is 1. The van der Waals surface area contributed by atoms with Gasteiger partial charge in [-0.05, 0) is 32.7 Å².